The number of hydrogen-bond donors (Lipinski definition) is 4. The highest BCUT2D eigenvalue weighted by Gasteiger charge is 2.36. The summed E-state index contributed by atoms with van der Waals surface area (Å²) in [5.41, 5.74) is 5.50. The van der Waals surface area contributed by atoms with E-state index in [1.54, 1.807) is 0 Å². The number of anilines is 1. The number of aliphatic hydroxyl groups excluding tert-OH is 1. The fourth-order valence-corrected chi connectivity index (χ4v) is 2.50. The summed E-state index contributed by atoms with van der Waals surface area (Å²) < 4.78 is 20.6. The first-order chi connectivity index (χ1) is 9.33. The number of aromatic nitrogens is 2. The second kappa shape index (κ2) is 6.02. The molecule has 1 saturated carbocycles. The topological polar surface area (TPSA) is 148 Å². The summed E-state index contributed by atoms with van der Waals surface area (Å²) in [5.74, 6) is 0.174. The van der Waals surface area contributed by atoms with Crippen molar-refractivity contribution < 1.29 is 28.7 Å². The Bertz CT molecular complexity index is 510. The summed E-state index contributed by atoms with van der Waals surface area (Å²) in [4.78, 5) is 24.9. The van der Waals surface area contributed by atoms with E-state index in [1.165, 1.54) is 12.4 Å². The van der Waals surface area contributed by atoms with Crippen molar-refractivity contribution in [3.63, 3.8) is 0 Å². The molecule has 0 amide bonds. The molecule has 2 rings (SSSR count). The van der Waals surface area contributed by atoms with Crippen molar-refractivity contribution >= 4 is 13.6 Å². The van der Waals surface area contributed by atoms with E-state index in [2.05, 4.69) is 14.5 Å². The van der Waals surface area contributed by atoms with Crippen molar-refractivity contribution in [3.05, 3.63) is 12.4 Å². The quantitative estimate of drug-likeness (QED) is 0.537. The summed E-state index contributed by atoms with van der Waals surface area (Å²) >= 11 is 0. The Morgan fingerprint density at radius 2 is 2.15 bits per heavy atom. The molecular weight excluding hydrogens is 289 g/mol. The van der Waals surface area contributed by atoms with Crippen LogP contribution in [-0.4, -0.2) is 43.7 Å². The van der Waals surface area contributed by atoms with Gasteiger partial charge in [-0.05, 0) is 6.42 Å². The molecule has 1 heterocycles. The lowest BCUT2D eigenvalue weighted by atomic mass is 10.1. The highest BCUT2D eigenvalue weighted by atomic mass is 31.2. The molecule has 0 aliphatic heterocycles. The molecule has 1 fully saturated rings. The van der Waals surface area contributed by atoms with E-state index in [-0.39, 0.29) is 18.5 Å². The lowest BCUT2D eigenvalue weighted by Crippen LogP contribution is -2.18. The first-order valence-electron chi connectivity index (χ1n) is 5.96. The molecule has 0 saturated heterocycles. The van der Waals surface area contributed by atoms with Crippen LogP contribution in [0.2, 0.25) is 0 Å². The van der Waals surface area contributed by atoms with Crippen LogP contribution in [-0.2, 0) is 9.09 Å². The summed E-state index contributed by atoms with van der Waals surface area (Å²) in [5, 5.41) is 9.82. The predicted octanol–water partition coefficient (Wildman–Crippen LogP) is -0.314. The highest BCUT2D eigenvalue weighted by molar-refractivity contribution is 7.46. The normalized spacial score (nSPS) is 26.6. The van der Waals surface area contributed by atoms with E-state index in [0.29, 0.717) is 18.7 Å². The molecule has 10 heteroatoms. The Kier molecular flexibility index (Phi) is 4.56. The van der Waals surface area contributed by atoms with Gasteiger partial charge in [0.1, 0.15) is 18.2 Å². The van der Waals surface area contributed by atoms with Crippen molar-refractivity contribution in [1.82, 2.24) is 9.97 Å². The molecule has 0 aromatic carbocycles. The number of rotatable bonds is 5. The molecule has 3 atom stereocenters. The van der Waals surface area contributed by atoms with Crippen molar-refractivity contribution in [2.75, 3.05) is 12.3 Å². The van der Waals surface area contributed by atoms with Crippen molar-refractivity contribution in [3.8, 4) is 5.88 Å². The summed E-state index contributed by atoms with van der Waals surface area (Å²) in [6.07, 6.45) is 0.949. The van der Waals surface area contributed by atoms with Gasteiger partial charge in [0.25, 0.3) is 0 Å². The van der Waals surface area contributed by atoms with Crippen molar-refractivity contribution in [1.29, 1.82) is 0 Å². The van der Waals surface area contributed by atoms with Crippen LogP contribution in [0.1, 0.15) is 12.8 Å². The molecule has 112 valence electrons. The van der Waals surface area contributed by atoms with E-state index in [1.807, 2.05) is 0 Å². The standard InChI is InChI=1S/C10H16N3O6P/c11-9-3-10(13-5-12-9)19-7-1-6(8(14)2-7)4-18-20(15,16)17/h3,5-8,14H,1-2,4H2,(H2,11,12,13)(H2,15,16,17)/t6-,7-,8+/m1/s1. The molecule has 0 unspecified atom stereocenters. The van der Waals surface area contributed by atoms with E-state index < -0.39 is 19.8 Å². The Balaban J connectivity index is 1.88. The zero-order valence-corrected chi connectivity index (χ0v) is 11.4. The van der Waals surface area contributed by atoms with Crippen molar-refractivity contribution in [2.24, 2.45) is 5.92 Å². The van der Waals surface area contributed by atoms with Crippen LogP contribution < -0.4 is 10.5 Å². The molecule has 5 N–H and O–H groups in total. The second-order valence-corrected chi connectivity index (χ2v) is 5.85. The van der Waals surface area contributed by atoms with Crippen LogP contribution in [0, 0.1) is 5.92 Å². The first-order valence-corrected chi connectivity index (χ1v) is 7.49. The minimum atomic E-state index is -4.53. The van der Waals surface area contributed by atoms with Gasteiger partial charge >= 0.3 is 7.82 Å². The van der Waals surface area contributed by atoms with Crippen LogP contribution in [0.3, 0.4) is 0 Å². The van der Waals surface area contributed by atoms with Crippen molar-refractivity contribution in [2.45, 2.75) is 25.0 Å². The molecule has 0 spiro atoms. The van der Waals surface area contributed by atoms with E-state index in [4.69, 9.17) is 20.3 Å². The molecule has 0 bridgehead atoms. The third kappa shape index (κ3) is 4.39. The predicted molar refractivity (Wildman–Crippen MR) is 67.6 cm³/mol. The number of nitrogens with two attached hydrogens (primary N) is 1. The van der Waals surface area contributed by atoms with E-state index in [0.717, 1.165) is 0 Å². The highest BCUT2D eigenvalue weighted by Crippen LogP contribution is 2.39. The number of phosphoric ester groups is 1. The van der Waals surface area contributed by atoms with Gasteiger partial charge in [0, 0.05) is 18.4 Å². The van der Waals surface area contributed by atoms with Gasteiger partial charge in [-0.1, -0.05) is 0 Å². The minimum Gasteiger partial charge on any atom is -0.474 e. The fourth-order valence-electron chi connectivity index (χ4n) is 2.11. The molecule has 1 aliphatic rings. The molecule has 0 radical (unpaired) electrons. The van der Waals surface area contributed by atoms with Crippen LogP contribution in [0.25, 0.3) is 0 Å². The summed E-state index contributed by atoms with van der Waals surface area (Å²) in [6.45, 7) is -0.225. The summed E-state index contributed by atoms with van der Waals surface area (Å²) in [6, 6.07) is 1.46. The van der Waals surface area contributed by atoms with Gasteiger partial charge in [-0.2, -0.15) is 0 Å². The maximum Gasteiger partial charge on any atom is 0.469 e. The van der Waals surface area contributed by atoms with Gasteiger partial charge in [0.05, 0.1) is 12.7 Å². The Hall–Kier alpha value is -1.25. The largest absolute Gasteiger partial charge is 0.474 e. The van der Waals surface area contributed by atoms with Gasteiger partial charge in [0.15, 0.2) is 0 Å². The Labute approximate surface area is 115 Å². The van der Waals surface area contributed by atoms with Gasteiger partial charge in [0.2, 0.25) is 5.88 Å². The monoisotopic (exact) mass is 305 g/mol. The number of nitrogens with zero attached hydrogens (tertiary/aromatic N) is 2. The molecule has 1 aromatic rings. The minimum absolute atomic E-state index is 0.225. The van der Waals surface area contributed by atoms with Gasteiger partial charge < -0.3 is 25.4 Å². The van der Waals surface area contributed by atoms with Crippen LogP contribution >= 0.6 is 7.82 Å². The van der Waals surface area contributed by atoms with E-state index in [9.17, 15) is 9.67 Å². The number of phosphoric acid groups is 1. The lowest BCUT2D eigenvalue weighted by Gasteiger charge is -2.14. The third-order valence-electron chi connectivity index (χ3n) is 3.02. The maximum atomic E-state index is 10.6. The van der Waals surface area contributed by atoms with Gasteiger partial charge in [-0.15, -0.1) is 0 Å². The molecule has 20 heavy (non-hydrogen) atoms. The number of ether oxygens (including phenoxy) is 1. The van der Waals surface area contributed by atoms with Gasteiger partial charge in [-0.3, -0.25) is 4.52 Å². The number of aliphatic hydroxyl groups is 1. The smallest absolute Gasteiger partial charge is 0.469 e. The third-order valence-corrected chi connectivity index (χ3v) is 3.51. The zero-order chi connectivity index (χ0) is 14.8. The second-order valence-electron chi connectivity index (χ2n) is 4.61. The van der Waals surface area contributed by atoms with Crippen LogP contribution in [0.5, 0.6) is 5.88 Å². The van der Waals surface area contributed by atoms with Crippen LogP contribution in [0.4, 0.5) is 5.82 Å². The summed E-state index contributed by atoms with van der Waals surface area (Å²) in [7, 11) is -4.53. The lowest BCUT2D eigenvalue weighted by molar-refractivity contribution is 0.0838. The van der Waals surface area contributed by atoms with E-state index >= 15 is 0 Å². The SMILES string of the molecule is Nc1cc(O[C@@H]2C[C@H](COP(=O)(O)O)[C@@H](O)C2)ncn1. The molecule has 9 nitrogen and oxygen atoms in total. The van der Waals surface area contributed by atoms with Gasteiger partial charge in [-0.25, -0.2) is 14.5 Å². The Morgan fingerprint density at radius 3 is 2.80 bits per heavy atom. The Morgan fingerprint density at radius 1 is 1.40 bits per heavy atom. The average Bonchev–Trinajstić information content (AvgIpc) is 2.66. The van der Waals surface area contributed by atoms with Crippen LogP contribution in [0.15, 0.2) is 12.4 Å². The molecule has 1 aromatic heterocycles. The zero-order valence-electron chi connectivity index (χ0n) is 10.5. The molecule has 1 aliphatic carbocycles. The number of hydrogen-bond acceptors (Lipinski definition) is 7. The number of nitrogen functional groups attached to an aromatic ring is 1. The first kappa shape index (κ1) is 15.1. The molecular formula is C10H16N3O6P. The maximum absolute atomic E-state index is 10.6. The average molecular weight is 305 g/mol. The fraction of sp³-hybridized carbons (Fsp3) is 0.600.